The van der Waals surface area contributed by atoms with Gasteiger partial charge in [-0.2, -0.15) is 4.98 Å². The van der Waals surface area contributed by atoms with Crippen molar-refractivity contribution in [2.75, 3.05) is 0 Å². The van der Waals surface area contributed by atoms with Gasteiger partial charge in [0.15, 0.2) is 0 Å². The van der Waals surface area contributed by atoms with Gasteiger partial charge in [0.1, 0.15) is 5.75 Å². The monoisotopic (exact) mass is 352 g/mol. The molecule has 6 nitrogen and oxygen atoms in total. The van der Waals surface area contributed by atoms with E-state index in [1.807, 2.05) is 0 Å². The molecule has 0 saturated carbocycles. The maximum atomic E-state index is 11.9. The highest BCUT2D eigenvalue weighted by molar-refractivity contribution is 9.10. The molecule has 0 unspecified atom stereocenters. The highest BCUT2D eigenvalue weighted by Crippen LogP contribution is 2.18. The van der Waals surface area contributed by atoms with Crippen LogP contribution in [0.4, 0.5) is 0 Å². The zero-order valence-corrected chi connectivity index (χ0v) is 12.2. The van der Waals surface area contributed by atoms with E-state index >= 15 is 0 Å². The van der Waals surface area contributed by atoms with Crippen LogP contribution >= 0.6 is 27.5 Å². The Morgan fingerprint density at radius 1 is 1.40 bits per heavy atom. The fourth-order valence-corrected chi connectivity index (χ4v) is 2.01. The third-order valence-corrected chi connectivity index (χ3v) is 3.00. The first-order valence-corrected chi connectivity index (χ1v) is 6.64. The lowest BCUT2D eigenvalue weighted by Gasteiger charge is -2.00. The summed E-state index contributed by atoms with van der Waals surface area (Å²) in [5.74, 6) is -0.105. The number of aromatic nitrogens is 4. The van der Waals surface area contributed by atoms with Crippen molar-refractivity contribution in [1.29, 1.82) is 0 Å². The first-order valence-electron chi connectivity index (χ1n) is 5.47. The smallest absolute Gasteiger partial charge is 0.383 e. The van der Waals surface area contributed by atoms with Crippen molar-refractivity contribution in [2.24, 2.45) is 0 Å². The van der Waals surface area contributed by atoms with E-state index in [2.05, 4.69) is 31.0 Å². The highest BCUT2D eigenvalue weighted by Gasteiger charge is 2.16. The molecular weight excluding hydrogens is 348 g/mol. The van der Waals surface area contributed by atoms with Crippen molar-refractivity contribution in [2.45, 2.75) is 0 Å². The average molecular weight is 354 g/mol. The zero-order chi connectivity index (χ0) is 14.1. The summed E-state index contributed by atoms with van der Waals surface area (Å²) in [4.78, 5) is 19.9. The summed E-state index contributed by atoms with van der Waals surface area (Å²) < 4.78 is 7.25. The molecule has 0 atom stereocenters. The molecule has 8 heteroatoms. The number of rotatable bonds is 2. The van der Waals surface area contributed by atoms with Crippen molar-refractivity contribution in [3.8, 4) is 5.75 Å². The molecule has 3 rings (SSSR count). The first kappa shape index (κ1) is 13.0. The van der Waals surface area contributed by atoms with Crippen LogP contribution < -0.4 is 4.74 Å². The van der Waals surface area contributed by atoms with Crippen molar-refractivity contribution in [3.05, 3.63) is 52.0 Å². The van der Waals surface area contributed by atoms with Crippen molar-refractivity contribution in [3.63, 3.8) is 0 Å². The minimum Gasteiger partial charge on any atom is -0.421 e. The van der Waals surface area contributed by atoms with Gasteiger partial charge in [-0.15, -0.1) is 5.10 Å². The predicted molar refractivity (Wildman–Crippen MR) is 74.9 cm³/mol. The molecule has 0 radical (unpaired) electrons. The summed E-state index contributed by atoms with van der Waals surface area (Å²) in [5, 5.41) is 4.47. The van der Waals surface area contributed by atoms with Gasteiger partial charge >= 0.3 is 5.97 Å². The zero-order valence-electron chi connectivity index (χ0n) is 9.83. The number of hydrogen-bond acceptors (Lipinski definition) is 5. The van der Waals surface area contributed by atoms with Crippen molar-refractivity contribution < 1.29 is 9.53 Å². The molecule has 0 aliphatic heterocycles. The molecular formula is C12H6BrClN4O2. The third-order valence-electron chi connectivity index (χ3n) is 2.35. The molecule has 2 heterocycles. The quantitative estimate of drug-likeness (QED) is 0.523. The topological polar surface area (TPSA) is 69.4 Å². The minimum atomic E-state index is -0.672. The van der Waals surface area contributed by atoms with Gasteiger partial charge in [-0.1, -0.05) is 17.7 Å². The van der Waals surface area contributed by atoms with Crippen LogP contribution in [0.15, 0.2) is 41.1 Å². The molecule has 0 saturated heterocycles. The van der Waals surface area contributed by atoms with Crippen LogP contribution in [-0.2, 0) is 0 Å². The molecule has 0 fully saturated rings. The SMILES string of the molecule is O=C(Oc1cccc(Cl)c1)c1nc2ncc(Br)cn2n1. The van der Waals surface area contributed by atoms with Crippen LogP contribution in [0.5, 0.6) is 5.75 Å². The van der Waals surface area contributed by atoms with Gasteiger partial charge in [0.2, 0.25) is 0 Å². The fourth-order valence-electron chi connectivity index (χ4n) is 1.53. The number of nitrogens with zero attached hydrogens (tertiary/aromatic N) is 4. The normalized spacial score (nSPS) is 10.7. The predicted octanol–water partition coefficient (Wildman–Crippen LogP) is 2.76. The molecule has 0 spiro atoms. The summed E-state index contributed by atoms with van der Waals surface area (Å²) in [5.41, 5.74) is 0. The Kier molecular flexibility index (Phi) is 3.37. The summed E-state index contributed by atoms with van der Waals surface area (Å²) in [6.45, 7) is 0. The van der Waals surface area contributed by atoms with Crippen LogP contribution in [-0.4, -0.2) is 25.6 Å². The van der Waals surface area contributed by atoms with E-state index < -0.39 is 5.97 Å². The Morgan fingerprint density at radius 3 is 3.05 bits per heavy atom. The lowest BCUT2D eigenvalue weighted by atomic mass is 10.3. The van der Waals surface area contributed by atoms with Crippen LogP contribution in [0.2, 0.25) is 5.02 Å². The number of halogens is 2. The van der Waals surface area contributed by atoms with Crippen LogP contribution in [0, 0.1) is 0 Å². The molecule has 100 valence electrons. The van der Waals surface area contributed by atoms with E-state index in [0.29, 0.717) is 16.5 Å². The van der Waals surface area contributed by atoms with Gasteiger partial charge in [-0.3, -0.25) is 0 Å². The van der Waals surface area contributed by atoms with E-state index in [4.69, 9.17) is 16.3 Å². The Morgan fingerprint density at radius 2 is 2.25 bits per heavy atom. The molecule has 0 bridgehead atoms. The van der Waals surface area contributed by atoms with Gasteiger partial charge in [-0.05, 0) is 34.1 Å². The van der Waals surface area contributed by atoms with Gasteiger partial charge < -0.3 is 4.74 Å². The van der Waals surface area contributed by atoms with Crippen LogP contribution in [0.3, 0.4) is 0 Å². The molecule has 0 aliphatic carbocycles. The third kappa shape index (κ3) is 2.63. The van der Waals surface area contributed by atoms with Gasteiger partial charge in [0.05, 0.1) is 4.47 Å². The van der Waals surface area contributed by atoms with E-state index in [1.54, 1.807) is 30.6 Å². The largest absolute Gasteiger partial charge is 0.421 e. The number of ether oxygens (including phenoxy) is 1. The Balaban J connectivity index is 1.88. The molecule has 0 aliphatic rings. The van der Waals surface area contributed by atoms with Crippen LogP contribution in [0.25, 0.3) is 5.78 Å². The lowest BCUT2D eigenvalue weighted by molar-refractivity contribution is 0.0722. The second-order valence-corrected chi connectivity index (χ2v) is 5.15. The van der Waals surface area contributed by atoms with E-state index in [0.717, 1.165) is 4.47 Å². The minimum absolute atomic E-state index is 0.0735. The second kappa shape index (κ2) is 5.18. The summed E-state index contributed by atoms with van der Waals surface area (Å²) >= 11 is 9.07. The van der Waals surface area contributed by atoms with Gasteiger partial charge in [0.25, 0.3) is 11.6 Å². The molecule has 2 aromatic heterocycles. The van der Waals surface area contributed by atoms with Crippen molar-refractivity contribution >= 4 is 39.3 Å². The standard InChI is InChI=1S/C12H6BrClN4O2/c13-7-5-15-12-16-10(17-18(12)6-7)11(19)20-9-3-1-2-8(14)4-9/h1-6H. The number of fused-ring (bicyclic) bond motifs is 1. The van der Waals surface area contributed by atoms with Gasteiger partial charge in [-0.25, -0.2) is 14.3 Å². The van der Waals surface area contributed by atoms with E-state index in [1.165, 1.54) is 10.6 Å². The molecule has 1 aromatic carbocycles. The average Bonchev–Trinajstić information content (AvgIpc) is 2.81. The molecule has 3 aromatic rings. The molecule has 20 heavy (non-hydrogen) atoms. The first-order chi connectivity index (χ1) is 9.61. The van der Waals surface area contributed by atoms with Gasteiger partial charge in [0, 0.05) is 17.4 Å². The fraction of sp³-hybridized carbons (Fsp3) is 0. The molecule has 0 amide bonds. The number of carbonyl (C=O) groups is 1. The number of esters is 1. The van der Waals surface area contributed by atoms with E-state index in [-0.39, 0.29) is 5.82 Å². The number of benzene rings is 1. The summed E-state index contributed by atoms with van der Waals surface area (Å²) in [6, 6.07) is 6.52. The summed E-state index contributed by atoms with van der Waals surface area (Å²) in [6.07, 6.45) is 3.21. The number of carbonyl (C=O) groups excluding carboxylic acids is 1. The Labute approximate surface area is 126 Å². The lowest BCUT2D eigenvalue weighted by Crippen LogP contribution is -2.10. The number of hydrogen-bond donors (Lipinski definition) is 0. The van der Waals surface area contributed by atoms with Crippen molar-refractivity contribution in [1.82, 2.24) is 19.6 Å². The second-order valence-electron chi connectivity index (χ2n) is 3.80. The van der Waals surface area contributed by atoms with Crippen LogP contribution in [0.1, 0.15) is 10.6 Å². The molecule has 0 N–H and O–H groups in total. The maximum absolute atomic E-state index is 11.9. The Bertz CT molecular complexity index is 805. The Hall–Kier alpha value is -1.99. The highest BCUT2D eigenvalue weighted by atomic mass is 79.9. The maximum Gasteiger partial charge on any atom is 0.383 e. The van der Waals surface area contributed by atoms with E-state index in [9.17, 15) is 4.79 Å². The summed E-state index contributed by atoms with van der Waals surface area (Å²) in [7, 11) is 0.